The van der Waals surface area contributed by atoms with Crippen LogP contribution in [0.5, 0.6) is 0 Å². The molecule has 2 rings (SSSR count). The van der Waals surface area contributed by atoms with Gasteiger partial charge in [-0.1, -0.05) is 19.1 Å². The Hall–Kier alpha value is -1.06. The van der Waals surface area contributed by atoms with Crippen LogP contribution in [-0.2, 0) is 17.8 Å². The van der Waals surface area contributed by atoms with Crippen molar-refractivity contribution in [3.8, 4) is 0 Å². The highest BCUT2D eigenvalue weighted by Gasteiger charge is 2.19. The zero-order chi connectivity index (χ0) is 12.1. The second kappa shape index (κ2) is 6.03. The van der Waals surface area contributed by atoms with Crippen molar-refractivity contribution in [3.05, 3.63) is 29.3 Å². The van der Waals surface area contributed by atoms with E-state index in [1.54, 1.807) is 0 Å². The molecule has 2 N–H and O–H groups in total. The lowest BCUT2D eigenvalue weighted by atomic mass is 10.1. The van der Waals surface area contributed by atoms with Crippen molar-refractivity contribution in [1.29, 1.82) is 0 Å². The Labute approximate surface area is 104 Å². The Morgan fingerprint density at radius 3 is 2.94 bits per heavy atom. The minimum atomic E-state index is 0.871. The van der Waals surface area contributed by atoms with Gasteiger partial charge < -0.3 is 10.5 Å². The summed E-state index contributed by atoms with van der Waals surface area (Å²) in [7, 11) is 0. The molecule has 0 aromatic heterocycles. The predicted molar refractivity (Wildman–Crippen MR) is 70.7 cm³/mol. The van der Waals surface area contributed by atoms with Gasteiger partial charge in [-0.3, -0.25) is 4.90 Å². The van der Waals surface area contributed by atoms with Crippen molar-refractivity contribution < 1.29 is 4.74 Å². The molecule has 0 amide bonds. The predicted octanol–water partition coefficient (Wildman–Crippen LogP) is 2.40. The molecule has 0 atom stereocenters. The smallest absolute Gasteiger partial charge is 0.0478 e. The Bertz CT molecular complexity index is 365. The molecule has 1 aliphatic heterocycles. The molecule has 0 saturated carbocycles. The summed E-state index contributed by atoms with van der Waals surface area (Å²) in [4.78, 5) is 2.44. The van der Waals surface area contributed by atoms with Gasteiger partial charge in [0.05, 0.1) is 0 Å². The molecule has 17 heavy (non-hydrogen) atoms. The third kappa shape index (κ3) is 3.20. The van der Waals surface area contributed by atoms with E-state index in [4.69, 9.17) is 10.5 Å². The summed E-state index contributed by atoms with van der Waals surface area (Å²) < 4.78 is 5.49. The van der Waals surface area contributed by atoms with Crippen molar-refractivity contribution in [2.24, 2.45) is 0 Å². The first-order valence-electron chi connectivity index (χ1n) is 6.47. The summed E-state index contributed by atoms with van der Waals surface area (Å²) in [6.07, 6.45) is 2.21. The first-order valence-corrected chi connectivity index (χ1v) is 6.47. The Balaban J connectivity index is 1.75. The monoisotopic (exact) mass is 234 g/mol. The summed E-state index contributed by atoms with van der Waals surface area (Å²) in [5.41, 5.74) is 9.62. The van der Waals surface area contributed by atoms with E-state index >= 15 is 0 Å². The SMILES string of the molecule is CCCOCCCN1Cc2cccc(N)c2C1. The van der Waals surface area contributed by atoms with E-state index in [0.29, 0.717) is 0 Å². The summed E-state index contributed by atoms with van der Waals surface area (Å²) in [6, 6.07) is 6.22. The number of rotatable bonds is 6. The van der Waals surface area contributed by atoms with Gasteiger partial charge in [-0.25, -0.2) is 0 Å². The highest BCUT2D eigenvalue weighted by atomic mass is 16.5. The third-order valence-electron chi connectivity index (χ3n) is 3.20. The van der Waals surface area contributed by atoms with Crippen LogP contribution in [-0.4, -0.2) is 24.7 Å². The molecular formula is C14H22N2O. The van der Waals surface area contributed by atoms with E-state index in [-0.39, 0.29) is 0 Å². The molecule has 0 spiro atoms. The lowest BCUT2D eigenvalue weighted by Crippen LogP contribution is -2.19. The first kappa shape index (κ1) is 12.4. The quantitative estimate of drug-likeness (QED) is 0.607. The Kier molecular flexibility index (Phi) is 4.40. The van der Waals surface area contributed by atoms with Gasteiger partial charge in [-0.05, 0) is 30.0 Å². The third-order valence-corrected chi connectivity index (χ3v) is 3.20. The standard InChI is InChI=1S/C14H22N2O/c1-2-8-17-9-4-7-16-10-12-5-3-6-14(15)13(12)11-16/h3,5-6H,2,4,7-11,15H2,1H3. The molecule has 0 aliphatic carbocycles. The summed E-state index contributed by atoms with van der Waals surface area (Å²) >= 11 is 0. The maximum Gasteiger partial charge on any atom is 0.0478 e. The number of hydrogen-bond donors (Lipinski definition) is 1. The van der Waals surface area contributed by atoms with E-state index in [0.717, 1.165) is 51.4 Å². The average Bonchev–Trinajstić information content (AvgIpc) is 2.73. The maximum absolute atomic E-state index is 5.98. The van der Waals surface area contributed by atoms with E-state index in [9.17, 15) is 0 Å². The molecule has 1 heterocycles. The molecule has 0 radical (unpaired) electrons. The number of nitrogen functional groups attached to an aromatic ring is 1. The normalized spacial score (nSPS) is 15.1. The van der Waals surface area contributed by atoms with Gasteiger partial charge in [0, 0.05) is 38.5 Å². The van der Waals surface area contributed by atoms with Crippen LogP contribution in [0.25, 0.3) is 0 Å². The molecule has 0 saturated heterocycles. The van der Waals surface area contributed by atoms with Crippen LogP contribution in [0, 0.1) is 0 Å². The fraction of sp³-hybridized carbons (Fsp3) is 0.571. The number of nitrogens with two attached hydrogens (primary N) is 1. The maximum atomic E-state index is 5.98. The molecule has 1 aromatic carbocycles. The zero-order valence-electron chi connectivity index (χ0n) is 10.6. The van der Waals surface area contributed by atoms with Crippen LogP contribution in [0.15, 0.2) is 18.2 Å². The zero-order valence-corrected chi connectivity index (χ0v) is 10.6. The van der Waals surface area contributed by atoms with E-state index in [2.05, 4.69) is 17.9 Å². The topological polar surface area (TPSA) is 38.5 Å². The second-order valence-electron chi connectivity index (χ2n) is 4.66. The van der Waals surface area contributed by atoms with Crippen molar-refractivity contribution in [2.45, 2.75) is 32.9 Å². The van der Waals surface area contributed by atoms with E-state index < -0.39 is 0 Å². The van der Waals surface area contributed by atoms with Gasteiger partial charge in [-0.15, -0.1) is 0 Å². The summed E-state index contributed by atoms with van der Waals surface area (Å²) in [5.74, 6) is 0. The lowest BCUT2D eigenvalue weighted by molar-refractivity contribution is 0.121. The van der Waals surface area contributed by atoms with Crippen LogP contribution in [0.1, 0.15) is 30.9 Å². The number of fused-ring (bicyclic) bond motifs is 1. The number of ether oxygens (including phenoxy) is 1. The molecule has 0 bridgehead atoms. The molecule has 1 aliphatic rings. The first-order chi connectivity index (χ1) is 8.31. The molecule has 0 fully saturated rings. The van der Waals surface area contributed by atoms with Crippen LogP contribution < -0.4 is 5.73 Å². The molecule has 0 unspecified atom stereocenters. The van der Waals surface area contributed by atoms with Gasteiger partial charge in [0.2, 0.25) is 0 Å². The van der Waals surface area contributed by atoms with Crippen molar-refractivity contribution in [2.75, 3.05) is 25.5 Å². The van der Waals surface area contributed by atoms with Crippen molar-refractivity contribution in [1.82, 2.24) is 4.90 Å². The Morgan fingerprint density at radius 1 is 1.29 bits per heavy atom. The van der Waals surface area contributed by atoms with E-state index in [1.165, 1.54) is 11.1 Å². The molecule has 1 aromatic rings. The van der Waals surface area contributed by atoms with Gasteiger partial charge in [0.25, 0.3) is 0 Å². The Morgan fingerprint density at radius 2 is 2.18 bits per heavy atom. The number of hydrogen-bond acceptors (Lipinski definition) is 3. The van der Waals surface area contributed by atoms with Crippen LogP contribution in [0.4, 0.5) is 5.69 Å². The van der Waals surface area contributed by atoms with Gasteiger partial charge in [-0.2, -0.15) is 0 Å². The van der Waals surface area contributed by atoms with Crippen molar-refractivity contribution in [3.63, 3.8) is 0 Å². The number of anilines is 1. The highest BCUT2D eigenvalue weighted by Crippen LogP contribution is 2.27. The largest absolute Gasteiger partial charge is 0.398 e. The fourth-order valence-corrected chi connectivity index (χ4v) is 2.31. The lowest BCUT2D eigenvalue weighted by Gasteiger charge is -2.14. The fourth-order valence-electron chi connectivity index (χ4n) is 2.31. The van der Waals surface area contributed by atoms with Gasteiger partial charge in [0.15, 0.2) is 0 Å². The van der Waals surface area contributed by atoms with Gasteiger partial charge in [0.1, 0.15) is 0 Å². The number of nitrogens with zero attached hydrogens (tertiary/aromatic N) is 1. The molecule has 94 valence electrons. The van der Waals surface area contributed by atoms with Crippen LogP contribution in [0.3, 0.4) is 0 Å². The van der Waals surface area contributed by atoms with E-state index in [1.807, 2.05) is 12.1 Å². The minimum absolute atomic E-state index is 0.871. The summed E-state index contributed by atoms with van der Waals surface area (Å²) in [6.45, 7) is 7.02. The van der Waals surface area contributed by atoms with Crippen LogP contribution in [0.2, 0.25) is 0 Å². The molecule has 3 heteroatoms. The molecule has 3 nitrogen and oxygen atoms in total. The van der Waals surface area contributed by atoms with Gasteiger partial charge >= 0.3 is 0 Å². The number of benzene rings is 1. The summed E-state index contributed by atoms with van der Waals surface area (Å²) in [5, 5.41) is 0. The average molecular weight is 234 g/mol. The molecular weight excluding hydrogens is 212 g/mol. The highest BCUT2D eigenvalue weighted by molar-refractivity contribution is 5.52. The second-order valence-corrected chi connectivity index (χ2v) is 4.66. The van der Waals surface area contributed by atoms with Crippen LogP contribution >= 0.6 is 0 Å². The minimum Gasteiger partial charge on any atom is -0.398 e. The van der Waals surface area contributed by atoms with Crippen molar-refractivity contribution >= 4 is 5.69 Å².